The lowest BCUT2D eigenvalue weighted by Gasteiger charge is -2.21. The van der Waals surface area contributed by atoms with Crippen molar-refractivity contribution in [3.05, 3.63) is 30.1 Å². The molecule has 0 saturated carbocycles. The molecule has 1 rings (SSSR count). The van der Waals surface area contributed by atoms with Crippen LogP contribution in [0.2, 0.25) is 0 Å². The van der Waals surface area contributed by atoms with Crippen LogP contribution in [-0.4, -0.2) is 40.9 Å². The largest absolute Gasteiger partial charge is 0.468 e. The van der Waals surface area contributed by atoms with Gasteiger partial charge >= 0.3 is 5.97 Å². The highest BCUT2D eigenvalue weighted by Gasteiger charge is 2.18. The predicted molar refractivity (Wildman–Crippen MR) is 69.9 cm³/mol. The molecule has 1 heterocycles. The summed E-state index contributed by atoms with van der Waals surface area (Å²) in [5.74, 6) is -0.246. The van der Waals surface area contributed by atoms with Gasteiger partial charge in [-0.05, 0) is 18.7 Å². The van der Waals surface area contributed by atoms with Crippen molar-refractivity contribution in [3.63, 3.8) is 0 Å². The van der Waals surface area contributed by atoms with Crippen LogP contribution < -0.4 is 0 Å². The van der Waals surface area contributed by atoms with E-state index in [0.717, 1.165) is 18.8 Å². The zero-order valence-corrected chi connectivity index (χ0v) is 11.7. The molecule has 0 saturated heterocycles. The molecule has 4 nitrogen and oxygen atoms in total. The molecule has 0 aliphatic carbocycles. The van der Waals surface area contributed by atoms with Crippen LogP contribution in [0.3, 0.4) is 0 Å². The first kappa shape index (κ1) is 14.1. The van der Waals surface area contributed by atoms with Crippen LogP contribution in [0, 0.1) is 0 Å². The number of rotatable bonds is 6. The minimum Gasteiger partial charge on any atom is -0.468 e. The molecular weight excluding hydrogens is 284 g/mol. The average molecular weight is 301 g/mol. The van der Waals surface area contributed by atoms with Gasteiger partial charge in [-0.15, -0.1) is 0 Å². The van der Waals surface area contributed by atoms with Gasteiger partial charge in [0.1, 0.15) is 4.83 Å². The SMILES string of the molecule is CCN(Cc1ccccn1)CC(Br)C(=O)OC. The van der Waals surface area contributed by atoms with E-state index in [2.05, 4.69) is 37.5 Å². The maximum absolute atomic E-state index is 11.3. The zero-order chi connectivity index (χ0) is 12.7. The Hall–Kier alpha value is -0.940. The Balaban J connectivity index is 2.52. The van der Waals surface area contributed by atoms with Gasteiger partial charge in [-0.25, -0.2) is 0 Å². The molecule has 0 N–H and O–H groups in total. The van der Waals surface area contributed by atoms with Crippen LogP contribution in [0.4, 0.5) is 0 Å². The van der Waals surface area contributed by atoms with Crippen LogP contribution in [-0.2, 0) is 16.1 Å². The van der Waals surface area contributed by atoms with Gasteiger partial charge in [0.2, 0.25) is 0 Å². The van der Waals surface area contributed by atoms with Gasteiger partial charge in [-0.3, -0.25) is 14.7 Å². The van der Waals surface area contributed by atoms with Gasteiger partial charge in [0, 0.05) is 19.3 Å². The van der Waals surface area contributed by atoms with Crippen molar-refractivity contribution in [2.24, 2.45) is 0 Å². The van der Waals surface area contributed by atoms with Crippen molar-refractivity contribution >= 4 is 21.9 Å². The summed E-state index contributed by atoms with van der Waals surface area (Å²) in [7, 11) is 1.39. The molecule has 0 aliphatic rings. The van der Waals surface area contributed by atoms with Crippen LogP contribution in [0.1, 0.15) is 12.6 Å². The Kier molecular flexibility index (Phi) is 6.15. The van der Waals surface area contributed by atoms with Crippen molar-refractivity contribution in [1.29, 1.82) is 0 Å². The first-order valence-electron chi connectivity index (χ1n) is 5.51. The first-order chi connectivity index (χ1) is 8.17. The lowest BCUT2D eigenvalue weighted by molar-refractivity contribution is -0.140. The van der Waals surface area contributed by atoms with E-state index in [9.17, 15) is 4.79 Å². The summed E-state index contributed by atoms with van der Waals surface area (Å²) in [6.45, 7) is 4.26. The molecule has 1 aromatic heterocycles. The number of ether oxygens (including phenoxy) is 1. The van der Waals surface area contributed by atoms with E-state index in [1.807, 2.05) is 18.2 Å². The minimum absolute atomic E-state index is 0.246. The van der Waals surface area contributed by atoms with E-state index in [-0.39, 0.29) is 10.8 Å². The number of nitrogens with zero attached hydrogens (tertiary/aromatic N) is 2. The van der Waals surface area contributed by atoms with Crippen molar-refractivity contribution in [1.82, 2.24) is 9.88 Å². The van der Waals surface area contributed by atoms with Gasteiger partial charge in [0.15, 0.2) is 0 Å². The van der Waals surface area contributed by atoms with Crippen molar-refractivity contribution in [3.8, 4) is 0 Å². The summed E-state index contributed by atoms with van der Waals surface area (Å²) < 4.78 is 4.68. The number of hydrogen-bond acceptors (Lipinski definition) is 4. The Morgan fingerprint density at radius 3 is 2.88 bits per heavy atom. The van der Waals surface area contributed by atoms with Crippen molar-refractivity contribution in [2.75, 3.05) is 20.2 Å². The second-order valence-corrected chi connectivity index (χ2v) is 4.74. The zero-order valence-electron chi connectivity index (χ0n) is 10.1. The van der Waals surface area contributed by atoms with E-state index in [1.165, 1.54) is 7.11 Å². The molecule has 0 amide bonds. The number of hydrogen-bond donors (Lipinski definition) is 0. The number of esters is 1. The van der Waals surface area contributed by atoms with Gasteiger partial charge in [-0.1, -0.05) is 28.9 Å². The van der Waals surface area contributed by atoms with Crippen molar-refractivity contribution in [2.45, 2.75) is 18.3 Å². The highest BCUT2D eigenvalue weighted by Crippen LogP contribution is 2.08. The molecule has 94 valence electrons. The summed E-state index contributed by atoms with van der Waals surface area (Å²) in [5.41, 5.74) is 0.999. The second-order valence-electron chi connectivity index (χ2n) is 3.64. The Morgan fingerprint density at radius 2 is 2.35 bits per heavy atom. The molecule has 17 heavy (non-hydrogen) atoms. The van der Waals surface area contributed by atoms with E-state index < -0.39 is 0 Å². The molecule has 5 heteroatoms. The van der Waals surface area contributed by atoms with E-state index in [1.54, 1.807) is 6.20 Å². The lowest BCUT2D eigenvalue weighted by atomic mass is 10.3. The number of aromatic nitrogens is 1. The topological polar surface area (TPSA) is 42.4 Å². The maximum atomic E-state index is 11.3. The Labute approximate surface area is 110 Å². The maximum Gasteiger partial charge on any atom is 0.320 e. The molecule has 0 aliphatic heterocycles. The summed E-state index contributed by atoms with van der Waals surface area (Å²) in [5, 5.41) is 0. The minimum atomic E-state index is -0.295. The molecule has 1 aromatic rings. The number of carbonyl (C=O) groups is 1. The summed E-state index contributed by atoms with van der Waals surface area (Å²) in [4.78, 5) is 17.4. The predicted octanol–water partition coefficient (Wildman–Crippen LogP) is 1.84. The normalized spacial score (nSPS) is 12.5. The van der Waals surface area contributed by atoms with E-state index in [0.29, 0.717) is 6.54 Å². The average Bonchev–Trinajstić information content (AvgIpc) is 2.38. The van der Waals surface area contributed by atoms with Crippen molar-refractivity contribution < 1.29 is 9.53 Å². The van der Waals surface area contributed by atoms with Gasteiger partial charge in [-0.2, -0.15) is 0 Å². The Bertz CT molecular complexity index is 346. The summed E-state index contributed by atoms with van der Waals surface area (Å²) in [6, 6.07) is 5.83. The third-order valence-corrected chi connectivity index (χ3v) is 3.10. The quantitative estimate of drug-likeness (QED) is 0.594. The first-order valence-corrected chi connectivity index (χ1v) is 6.43. The number of pyridine rings is 1. The molecule has 0 bridgehead atoms. The van der Waals surface area contributed by atoms with Crippen LogP contribution >= 0.6 is 15.9 Å². The van der Waals surface area contributed by atoms with E-state index in [4.69, 9.17) is 0 Å². The molecular formula is C12H17BrN2O2. The molecule has 0 aromatic carbocycles. The number of alkyl halides is 1. The van der Waals surface area contributed by atoms with Crippen LogP contribution in [0.15, 0.2) is 24.4 Å². The smallest absolute Gasteiger partial charge is 0.320 e. The fraction of sp³-hybridized carbons (Fsp3) is 0.500. The third-order valence-electron chi connectivity index (χ3n) is 2.43. The standard InChI is InChI=1S/C12H17BrN2O2/c1-3-15(9-11(13)12(16)17-2)8-10-6-4-5-7-14-10/h4-7,11H,3,8-9H2,1-2H3. The number of carbonyl (C=O) groups excluding carboxylic acids is 1. The van der Waals surface area contributed by atoms with Gasteiger partial charge in [0.05, 0.1) is 12.8 Å². The number of methoxy groups -OCH3 is 1. The van der Waals surface area contributed by atoms with Gasteiger partial charge in [0.25, 0.3) is 0 Å². The fourth-order valence-electron chi connectivity index (χ4n) is 1.46. The third kappa shape index (κ3) is 4.83. The monoisotopic (exact) mass is 300 g/mol. The highest BCUT2D eigenvalue weighted by atomic mass is 79.9. The van der Waals surface area contributed by atoms with Crippen LogP contribution in [0.25, 0.3) is 0 Å². The molecule has 1 atom stereocenters. The Morgan fingerprint density at radius 1 is 1.59 bits per heavy atom. The van der Waals surface area contributed by atoms with Gasteiger partial charge < -0.3 is 4.74 Å². The summed E-state index contributed by atoms with van der Waals surface area (Å²) in [6.07, 6.45) is 1.77. The molecule has 1 unspecified atom stereocenters. The van der Waals surface area contributed by atoms with E-state index >= 15 is 0 Å². The number of halogens is 1. The molecule has 0 spiro atoms. The summed E-state index contributed by atoms with van der Waals surface area (Å²) >= 11 is 3.32. The van der Waals surface area contributed by atoms with Crippen LogP contribution in [0.5, 0.6) is 0 Å². The fourth-order valence-corrected chi connectivity index (χ4v) is 2.05. The second kappa shape index (κ2) is 7.40. The molecule has 0 radical (unpaired) electrons. The molecule has 0 fully saturated rings. The highest BCUT2D eigenvalue weighted by molar-refractivity contribution is 9.10. The lowest BCUT2D eigenvalue weighted by Crippen LogP contribution is -2.34.